The fourth-order valence-electron chi connectivity index (χ4n) is 1.62. The highest BCUT2D eigenvalue weighted by Gasteiger charge is 2.10. The van der Waals surface area contributed by atoms with Crippen molar-refractivity contribution >= 4 is 15.9 Å². The maximum absolute atomic E-state index is 5.99. The molecule has 0 aliphatic heterocycles. The van der Waals surface area contributed by atoms with Crippen molar-refractivity contribution in [1.82, 2.24) is 5.32 Å². The lowest BCUT2D eigenvalue weighted by molar-refractivity contribution is 0.183. The quantitative estimate of drug-likeness (QED) is 0.822. The van der Waals surface area contributed by atoms with Gasteiger partial charge in [0.05, 0.1) is 0 Å². The van der Waals surface area contributed by atoms with Crippen molar-refractivity contribution < 1.29 is 4.74 Å². The summed E-state index contributed by atoms with van der Waals surface area (Å²) in [5, 5.41) is 3.43. The van der Waals surface area contributed by atoms with Crippen LogP contribution in [0.5, 0.6) is 5.75 Å². The van der Waals surface area contributed by atoms with E-state index in [1.807, 2.05) is 24.3 Å². The summed E-state index contributed by atoms with van der Waals surface area (Å²) in [4.78, 5) is 0. The van der Waals surface area contributed by atoms with Crippen LogP contribution in [0.25, 0.3) is 0 Å². The number of halogens is 1. The van der Waals surface area contributed by atoms with E-state index in [4.69, 9.17) is 4.74 Å². The molecule has 17 heavy (non-hydrogen) atoms. The molecule has 0 aromatic heterocycles. The zero-order chi connectivity index (χ0) is 12.7. The fourth-order valence-corrected chi connectivity index (χ4v) is 2.00. The lowest BCUT2D eigenvalue weighted by atomic mass is 10.2. The van der Waals surface area contributed by atoms with Crippen LogP contribution in [-0.2, 0) is 0 Å². The van der Waals surface area contributed by atoms with Crippen molar-refractivity contribution in [2.45, 2.75) is 45.8 Å². The van der Waals surface area contributed by atoms with Crippen LogP contribution in [0.3, 0.4) is 0 Å². The first-order chi connectivity index (χ1) is 8.11. The Morgan fingerprint density at radius 3 is 2.71 bits per heavy atom. The summed E-state index contributed by atoms with van der Waals surface area (Å²) in [6, 6.07) is 8.52. The minimum atomic E-state index is 0.247. The normalized spacial score (nSPS) is 12.8. The maximum Gasteiger partial charge on any atom is 0.120 e. The van der Waals surface area contributed by atoms with E-state index in [-0.39, 0.29) is 6.10 Å². The van der Waals surface area contributed by atoms with Gasteiger partial charge in [-0.05, 0) is 24.6 Å². The molecule has 0 heterocycles. The molecule has 96 valence electrons. The van der Waals surface area contributed by atoms with Crippen molar-refractivity contribution in [3.05, 3.63) is 28.7 Å². The van der Waals surface area contributed by atoms with Crippen LogP contribution in [0.4, 0.5) is 0 Å². The van der Waals surface area contributed by atoms with Crippen LogP contribution in [0, 0.1) is 0 Å². The zero-order valence-electron chi connectivity index (χ0n) is 10.9. The Kier molecular flexibility index (Phi) is 6.60. The molecule has 0 bridgehead atoms. The van der Waals surface area contributed by atoms with E-state index in [2.05, 4.69) is 42.0 Å². The third-order valence-electron chi connectivity index (χ3n) is 2.46. The highest BCUT2D eigenvalue weighted by molar-refractivity contribution is 9.10. The van der Waals surface area contributed by atoms with Crippen LogP contribution in [0.15, 0.2) is 28.7 Å². The van der Waals surface area contributed by atoms with Gasteiger partial charge in [-0.1, -0.05) is 49.2 Å². The number of hydrogen-bond donors (Lipinski definition) is 1. The van der Waals surface area contributed by atoms with E-state index in [0.717, 1.165) is 29.6 Å². The van der Waals surface area contributed by atoms with E-state index in [0.29, 0.717) is 6.04 Å². The van der Waals surface area contributed by atoms with E-state index >= 15 is 0 Å². The number of hydrogen-bond acceptors (Lipinski definition) is 2. The van der Waals surface area contributed by atoms with Crippen molar-refractivity contribution in [3.63, 3.8) is 0 Å². The second-order valence-electron chi connectivity index (χ2n) is 4.55. The predicted octanol–water partition coefficient (Wildman–Crippen LogP) is 3.99. The van der Waals surface area contributed by atoms with Gasteiger partial charge in [0.1, 0.15) is 11.9 Å². The summed E-state index contributed by atoms with van der Waals surface area (Å²) in [7, 11) is 0. The Balaban J connectivity index is 2.53. The topological polar surface area (TPSA) is 21.3 Å². The number of rotatable bonds is 7. The van der Waals surface area contributed by atoms with Crippen LogP contribution < -0.4 is 10.1 Å². The maximum atomic E-state index is 5.99. The summed E-state index contributed by atoms with van der Waals surface area (Å²) in [6.45, 7) is 7.40. The third kappa shape index (κ3) is 6.08. The van der Waals surface area contributed by atoms with Crippen molar-refractivity contribution in [3.8, 4) is 5.75 Å². The summed E-state index contributed by atoms with van der Waals surface area (Å²) >= 11 is 3.46. The van der Waals surface area contributed by atoms with Crippen LogP contribution in [0.2, 0.25) is 0 Å². The second kappa shape index (κ2) is 7.72. The summed E-state index contributed by atoms with van der Waals surface area (Å²) in [5.41, 5.74) is 0. The standard InChI is InChI=1S/C14H22BrNO/c1-4-6-14(10-16-11(2)3)17-13-8-5-7-12(15)9-13/h5,7-9,11,14,16H,4,6,10H2,1-3H3. The molecule has 0 aliphatic carbocycles. The zero-order valence-corrected chi connectivity index (χ0v) is 12.5. The fraction of sp³-hybridized carbons (Fsp3) is 0.571. The van der Waals surface area contributed by atoms with Gasteiger partial charge >= 0.3 is 0 Å². The van der Waals surface area contributed by atoms with Crippen molar-refractivity contribution in [1.29, 1.82) is 0 Å². The third-order valence-corrected chi connectivity index (χ3v) is 2.96. The molecule has 0 spiro atoms. The molecule has 1 rings (SSSR count). The highest BCUT2D eigenvalue weighted by atomic mass is 79.9. The molecule has 0 saturated heterocycles. The minimum Gasteiger partial charge on any atom is -0.489 e. The van der Waals surface area contributed by atoms with Crippen LogP contribution >= 0.6 is 15.9 Å². The second-order valence-corrected chi connectivity index (χ2v) is 5.46. The first kappa shape index (κ1) is 14.5. The molecular formula is C14H22BrNO. The number of benzene rings is 1. The Morgan fingerprint density at radius 1 is 1.35 bits per heavy atom. The molecule has 0 aliphatic rings. The molecule has 3 heteroatoms. The lowest BCUT2D eigenvalue weighted by Crippen LogP contribution is -2.35. The molecule has 1 unspecified atom stereocenters. The average molecular weight is 300 g/mol. The number of nitrogens with one attached hydrogen (secondary N) is 1. The SMILES string of the molecule is CCCC(CNC(C)C)Oc1cccc(Br)c1. The molecule has 0 radical (unpaired) electrons. The summed E-state index contributed by atoms with van der Waals surface area (Å²) in [6.07, 6.45) is 2.46. The predicted molar refractivity (Wildman–Crippen MR) is 76.6 cm³/mol. The van der Waals surface area contributed by atoms with E-state index in [1.165, 1.54) is 0 Å². The molecule has 1 N–H and O–H groups in total. The van der Waals surface area contributed by atoms with Gasteiger partial charge in [-0.15, -0.1) is 0 Å². The molecule has 0 saturated carbocycles. The molecule has 2 nitrogen and oxygen atoms in total. The van der Waals surface area contributed by atoms with Gasteiger partial charge in [-0.25, -0.2) is 0 Å². The van der Waals surface area contributed by atoms with Gasteiger partial charge in [0.2, 0.25) is 0 Å². The summed E-state index contributed by atoms with van der Waals surface area (Å²) in [5.74, 6) is 0.934. The molecule has 1 aromatic carbocycles. The van der Waals surface area contributed by atoms with E-state index < -0.39 is 0 Å². The Bertz CT molecular complexity index is 328. The molecule has 0 amide bonds. The van der Waals surface area contributed by atoms with Gasteiger partial charge in [-0.2, -0.15) is 0 Å². The molecule has 1 aromatic rings. The largest absolute Gasteiger partial charge is 0.489 e. The first-order valence-electron chi connectivity index (χ1n) is 6.27. The van der Waals surface area contributed by atoms with Gasteiger partial charge in [0, 0.05) is 17.1 Å². The smallest absolute Gasteiger partial charge is 0.120 e. The monoisotopic (exact) mass is 299 g/mol. The first-order valence-corrected chi connectivity index (χ1v) is 7.06. The van der Waals surface area contributed by atoms with Gasteiger partial charge < -0.3 is 10.1 Å². The van der Waals surface area contributed by atoms with Gasteiger partial charge in [-0.3, -0.25) is 0 Å². The Hall–Kier alpha value is -0.540. The summed E-state index contributed by atoms with van der Waals surface area (Å²) < 4.78 is 7.05. The van der Waals surface area contributed by atoms with Crippen molar-refractivity contribution in [2.24, 2.45) is 0 Å². The number of ether oxygens (including phenoxy) is 1. The highest BCUT2D eigenvalue weighted by Crippen LogP contribution is 2.19. The molecule has 1 atom stereocenters. The molecule has 0 fully saturated rings. The minimum absolute atomic E-state index is 0.247. The van der Waals surface area contributed by atoms with Crippen LogP contribution in [-0.4, -0.2) is 18.7 Å². The Morgan fingerprint density at radius 2 is 2.12 bits per heavy atom. The van der Waals surface area contributed by atoms with Crippen molar-refractivity contribution in [2.75, 3.05) is 6.54 Å². The Labute approximate surface area is 113 Å². The van der Waals surface area contributed by atoms with Gasteiger partial charge in [0.25, 0.3) is 0 Å². The van der Waals surface area contributed by atoms with E-state index in [9.17, 15) is 0 Å². The lowest BCUT2D eigenvalue weighted by Gasteiger charge is -2.20. The van der Waals surface area contributed by atoms with E-state index in [1.54, 1.807) is 0 Å². The van der Waals surface area contributed by atoms with Crippen LogP contribution in [0.1, 0.15) is 33.6 Å². The molecular weight excluding hydrogens is 278 g/mol. The average Bonchev–Trinajstić information content (AvgIpc) is 2.26. The van der Waals surface area contributed by atoms with Gasteiger partial charge in [0.15, 0.2) is 0 Å².